The van der Waals surface area contributed by atoms with Crippen LogP contribution in [0.15, 0.2) is 12.3 Å². The van der Waals surface area contributed by atoms with Crippen LogP contribution in [-0.4, -0.2) is 59.1 Å². The zero-order valence-electron chi connectivity index (χ0n) is 17.2. The van der Waals surface area contributed by atoms with Crippen molar-refractivity contribution in [3.8, 4) is 0 Å². The Morgan fingerprint density at radius 2 is 2.07 bits per heavy atom. The van der Waals surface area contributed by atoms with E-state index in [1.54, 1.807) is 13.1 Å². The maximum Gasteiger partial charge on any atom is 0.324 e. The molecule has 8 nitrogen and oxygen atoms in total. The summed E-state index contributed by atoms with van der Waals surface area (Å²) in [5, 5.41) is 0. The number of esters is 1. The van der Waals surface area contributed by atoms with Crippen LogP contribution >= 0.6 is 0 Å². The van der Waals surface area contributed by atoms with Crippen molar-refractivity contribution in [2.75, 3.05) is 19.4 Å². The van der Waals surface area contributed by atoms with E-state index < -0.39 is 22.0 Å². The van der Waals surface area contributed by atoms with E-state index in [9.17, 15) is 13.2 Å². The highest BCUT2D eigenvalue weighted by molar-refractivity contribution is 7.89. The van der Waals surface area contributed by atoms with Gasteiger partial charge in [0.1, 0.15) is 17.4 Å². The van der Waals surface area contributed by atoms with Gasteiger partial charge in [-0.1, -0.05) is 13.8 Å². The number of pyridine rings is 1. The molecule has 0 aliphatic heterocycles. The number of nitrogens with zero attached hydrogens (tertiary/aromatic N) is 3. The Labute approximate surface area is 166 Å². The van der Waals surface area contributed by atoms with Gasteiger partial charge in [0.15, 0.2) is 0 Å². The number of rotatable bonds is 10. The standard InChI is InChI=1S/C19H30N4O4S/c1-6-27-19(24)17(12-13(2)3)23(5)28(25,26)11-7-8-15-18-16(9-10-20-15)21-14(4)22-18/h9-10,13,17H,6-8,11-12H2,1-5H3,(H,21,22)/t17-/m0/s1. The van der Waals surface area contributed by atoms with Gasteiger partial charge in [-0.3, -0.25) is 9.78 Å². The van der Waals surface area contributed by atoms with Crippen LogP contribution in [0.5, 0.6) is 0 Å². The number of fused-ring (bicyclic) bond motifs is 1. The second kappa shape index (κ2) is 9.47. The summed E-state index contributed by atoms with van der Waals surface area (Å²) < 4.78 is 31.8. The molecule has 0 unspecified atom stereocenters. The molecule has 28 heavy (non-hydrogen) atoms. The number of carbonyl (C=O) groups excluding carboxylic acids is 1. The maximum absolute atomic E-state index is 12.8. The SMILES string of the molecule is CCOC(=O)[C@H](CC(C)C)N(C)S(=O)(=O)CCCc1nccc2[nH]c(C)nc12. The van der Waals surface area contributed by atoms with E-state index in [1.807, 2.05) is 26.8 Å². The summed E-state index contributed by atoms with van der Waals surface area (Å²) in [6.45, 7) is 7.70. The number of aromatic amines is 1. The van der Waals surface area contributed by atoms with Crippen molar-refractivity contribution in [2.45, 2.75) is 53.0 Å². The fourth-order valence-electron chi connectivity index (χ4n) is 3.13. The smallest absolute Gasteiger partial charge is 0.324 e. The summed E-state index contributed by atoms with van der Waals surface area (Å²) in [6, 6.07) is 1.04. The summed E-state index contributed by atoms with van der Waals surface area (Å²) in [6.07, 6.45) is 2.99. The first-order chi connectivity index (χ1) is 13.2. The van der Waals surface area contributed by atoms with Crippen LogP contribution in [0.2, 0.25) is 0 Å². The molecule has 2 rings (SSSR count). The number of H-pyrrole nitrogens is 1. The normalized spacial score (nSPS) is 13.4. The number of likely N-dealkylation sites (N-methyl/N-ethyl adjacent to an activating group) is 1. The average Bonchev–Trinajstić information content (AvgIpc) is 3.00. The van der Waals surface area contributed by atoms with Gasteiger partial charge < -0.3 is 9.72 Å². The lowest BCUT2D eigenvalue weighted by Crippen LogP contribution is -2.45. The van der Waals surface area contributed by atoms with Gasteiger partial charge in [-0.25, -0.2) is 13.4 Å². The Hall–Kier alpha value is -2.00. The first-order valence-electron chi connectivity index (χ1n) is 9.58. The van der Waals surface area contributed by atoms with E-state index in [1.165, 1.54) is 7.05 Å². The van der Waals surface area contributed by atoms with Crippen LogP contribution in [0.3, 0.4) is 0 Å². The number of ether oxygens (including phenoxy) is 1. The number of nitrogens with one attached hydrogen (secondary N) is 1. The zero-order chi connectivity index (χ0) is 20.9. The second-order valence-electron chi connectivity index (χ2n) is 7.31. The largest absolute Gasteiger partial charge is 0.465 e. The Morgan fingerprint density at radius 1 is 1.36 bits per heavy atom. The molecule has 2 aromatic rings. The van der Waals surface area contributed by atoms with E-state index in [0.717, 1.165) is 26.9 Å². The van der Waals surface area contributed by atoms with Crippen LogP contribution < -0.4 is 0 Å². The number of sulfonamides is 1. The average molecular weight is 411 g/mol. The van der Waals surface area contributed by atoms with Crippen molar-refractivity contribution in [1.82, 2.24) is 19.3 Å². The highest BCUT2D eigenvalue weighted by atomic mass is 32.2. The van der Waals surface area contributed by atoms with Crippen LogP contribution in [0, 0.1) is 12.8 Å². The quantitative estimate of drug-likeness (QED) is 0.603. The molecule has 0 aromatic carbocycles. The molecule has 0 bridgehead atoms. The van der Waals surface area contributed by atoms with Crippen molar-refractivity contribution in [3.63, 3.8) is 0 Å². The first-order valence-corrected chi connectivity index (χ1v) is 11.2. The van der Waals surface area contributed by atoms with Gasteiger partial charge in [-0.2, -0.15) is 4.31 Å². The molecule has 0 radical (unpaired) electrons. The predicted molar refractivity (Wildman–Crippen MR) is 108 cm³/mol. The molecular formula is C19H30N4O4S. The fourth-order valence-corrected chi connectivity index (χ4v) is 4.49. The monoisotopic (exact) mass is 410 g/mol. The number of hydrogen-bond acceptors (Lipinski definition) is 6. The minimum absolute atomic E-state index is 0.0705. The third kappa shape index (κ3) is 5.51. The summed E-state index contributed by atoms with van der Waals surface area (Å²) in [5.74, 6) is 0.388. The summed E-state index contributed by atoms with van der Waals surface area (Å²) in [7, 11) is -2.16. The van der Waals surface area contributed by atoms with Crippen molar-refractivity contribution in [1.29, 1.82) is 0 Å². The first kappa shape index (κ1) is 22.3. The van der Waals surface area contributed by atoms with E-state index in [2.05, 4.69) is 15.0 Å². The molecule has 0 fully saturated rings. The summed E-state index contributed by atoms with van der Waals surface area (Å²) in [4.78, 5) is 24.2. The lowest BCUT2D eigenvalue weighted by Gasteiger charge is -2.27. The molecular weight excluding hydrogens is 380 g/mol. The number of aryl methyl sites for hydroxylation is 2. The van der Waals surface area contributed by atoms with Gasteiger partial charge in [0, 0.05) is 13.2 Å². The highest BCUT2D eigenvalue weighted by Gasteiger charge is 2.33. The molecule has 2 aromatic heterocycles. The minimum Gasteiger partial charge on any atom is -0.465 e. The van der Waals surface area contributed by atoms with Crippen LogP contribution in [0.4, 0.5) is 0 Å². The molecule has 0 amide bonds. The molecule has 0 aliphatic rings. The molecule has 9 heteroatoms. The lowest BCUT2D eigenvalue weighted by molar-refractivity contribution is -0.147. The number of imidazole rings is 1. The van der Waals surface area contributed by atoms with E-state index >= 15 is 0 Å². The molecule has 0 saturated heterocycles. The Morgan fingerprint density at radius 3 is 2.71 bits per heavy atom. The third-order valence-corrected chi connectivity index (χ3v) is 6.48. The minimum atomic E-state index is -3.61. The second-order valence-corrected chi connectivity index (χ2v) is 9.46. The molecule has 1 atom stereocenters. The van der Waals surface area contributed by atoms with Crippen molar-refractivity contribution in [3.05, 3.63) is 23.8 Å². The van der Waals surface area contributed by atoms with Crippen molar-refractivity contribution >= 4 is 27.0 Å². The van der Waals surface area contributed by atoms with Gasteiger partial charge in [0.25, 0.3) is 0 Å². The molecule has 2 heterocycles. The molecule has 1 N–H and O–H groups in total. The predicted octanol–water partition coefficient (Wildman–Crippen LogP) is 2.44. The van der Waals surface area contributed by atoms with Crippen molar-refractivity contribution < 1.29 is 17.9 Å². The third-order valence-electron chi connectivity index (χ3n) is 4.54. The van der Waals surface area contributed by atoms with Gasteiger partial charge in [0.2, 0.25) is 10.0 Å². The Bertz CT molecular complexity index is 908. The van der Waals surface area contributed by atoms with E-state index in [-0.39, 0.29) is 18.3 Å². The van der Waals surface area contributed by atoms with Crippen molar-refractivity contribution in [2.24, 2.45) is 5.92 Å². The van der Waals surface area contributed by atoms with Gasteiger partial charge in [-0.15, -0.1) is 0 Å². The summed E-state index contributed by atoms with van der Waals surface area (Å²) >= 11 is 0. The maximum atomic E-state index is 12.8. The highest BCUT2D eigenvalue weighted by Crippen LogP contribution is 2.19. The van der Waals surface area contributed by atoms with Crippen LogP contribution in [-0.2, 0) is 26.0 Å². The fraction of sp³-hybridized carbons (Fsp3) is 0.632. The zero-order valence-corrected chi connectivity index (χ0v) is 18.0. The lowest BCUT2D eigenvalue weighted by atomic mass is 10.0. The molecule has 156 valence electrons. The van der Waals surface area contributed by atoms with Gasteiger partial charge in [0.05, 0.1) is 23.6 Å². The van der Waals surface area contributed by atoms with E-state index in [4.69, 9.17) is 4.74 Å². The summed E-state index contributed by atoms with van der Waals surface area (Å²) in [5.41, 5.74) is 2.43. The van der Waals surface area contributed by atoms with Gasteiger partial charge >= 0.3 is 5.97 Å². The molecule has 0 spiro atoms. The molecule has 0 aliphatic carbocycles. The van der Waals surface area contributed by atoms with E-state index in [0.29, 0.717) is 19.3 Å². The number of hydrogen-bond donors (Lipinski definition) is 1. The van der Waals surface area contributed by atoms with Crippen LogP contribution in [0.1, 0.15) is 45.1 Å². The number of aromatic nitrogens is 3. The topological polar surface area (TPSA) is 105 Å². The van der Waals surface area contributed by atoms with Crippen LogP contribution in [0.25, 0.3) is 11.0 Å². The van der Waals surface area contributed by atoms with Gasteiger partial charge in [-0.05, 0) is 45.1 Å². The number of carbonyl (C=O) groups is 1. The Kier molecular flexibility index (Phi) is 7.54. The molecule has 0 saturated carbocycles. The Balaban J connectivity index is 2.07.